The van der Waals surface area contributed by atoms with Gasteiger partial charge in [-0.05, 0) is 64.1 Å². The van der Waals surface area contributed by atoms with Gasteiger partial charge in [0, 0.05) is 5.69 Å². The molecule has 0 radical (unpaired) electrons. The van der Waals surface area contributed by atoms with Crippen LogP contribution in [0.1, 0.15) is 27.7 Å². The summed E-state index contributed by atoms with van der Waals surface area (Å²) in [6, 6.07) is 23.1. The Hall–Kier alpha value is -3.02. The summed E-state index contributed by atoms with van der Waals surface area (Å²) in [5.41, 5.74) is 5.94. The maximum absolute atomic E-state index is 10.4. The third kappa shape index (κ3) is 3.33. The van der Waals surface area contributed by atoms with Gasteiger partial charge in [0.05, 0.1) is 33.3 Å². The first-order chi connectivity index (χ1) is 15.2. The molecule has 0 fully saturated rings. The molecule has 0 unspecified atom stereocenters. The van der Waals surface area contributed by atoms with E-state index in [1.807, 2.05) is 19.9 Å². The molecule has 0 aliphatic heterocycles. The zero-order valence-corrected chi connectivity index (χ0v) is 19.3. The largest absolute Gasteiger partial charge is 0.427 e. The molecule has 5 nitrogen and oxygen atoms in total. The van der Waals surface area contributed by atoms with Crippen LogP contribution in [-0.4, -0.2) is 45.6 Å². The molecule has 0 atom stereocenters. The quantitative estimate of drug-likeness (QED) is 0.442. The van der Waals surface area contributed by atoms with E-state index in [0.717, 1.165) is 44.5 Å². The van der Waals surface area contributed by atoms with E-state index in [1.165, 1.54) is 0 Å². The van der Waals surface area contributed by atoms with Crippen LogP contribution in [0.15, 0.2) is 66.7 Å². The summed E-state index contributed by atoms with van der Waals surface area (Å²) in [7, 11) is 2.51. The molecular weight excluding hydrogens is 396 g/mol. The van der Waals surface area contributed by atoms with Crippen LogP contribution >= 0.6 is 0 Å². The van der Waals surface area contributed by atoms with Crippen LogP contribution in [0, 0.1) is 0 Å². The number of nitrogens with zero attached hydrogens (tertiary/aromatic N) is 3. The molecule has 7 heteroatoms. The molecule has 160 valence electrons. The van der Waals surface area contributed by atoms with Gasteiger partial charge in [-0.15, -0.1) is 0 Å². The minimum atomic E-state index is -0.946. The zero-order valence-electron chi connectivity index (χ0n) is 19.3. The number of aliphatic hydroxyl groups is 1. The van der Waals surface area contributed by atoms with Crippen LogP contribution in [0.3, 0.4) is 0 Å². The van der Waals surface area contributed by atoms with E-state index < -0.39 is 11.2 Å². The van der Waals surface area contributed by atoms with Crippen LogP contribution in [-0.2, 0) is 4.65 Å². The van der Waals surface area contributed by atoms with Crippen LogP contribution in [0.5, 0.6) is 0 Å². The summed E-state index contributed by atoms with van der Waals surface area (Å²) in [6.45, 7) is 7.40. The van der Waals surface area contributed by atoms with E-state index in [2.05, 4.69) is 77.5 Å². The molecule has 0 saturated heterocycles. The first kappa shape index (κ1) is 20.9. The topological polar surface area (TPSA) is 51.7 Å². The Bertz CT molecular complexity index is 1460. The fourth-order valence-electron chi connectivity index (χ4n) is 4.10. The highest BCUT2D eigenvalue weighted by molar-refractivity contribution is 6.48. The minimum absolute atomic E-state index is 0.414. The average molecular weight is 423 g/mol. The second-order valence-corrected chi connectivity index (χ2v) is 9.59. The van der Waals surface area contributed by atoms with Crippen LogP contribution in [0.2, 0.25) is 0 Å². The highest BCUT2D eigenvalue weighted by atomic mass is 16.5. The van der Waals surface area contributed by atoms with E-state index in [1.54, 1.807) is 13.8 Å². The van der Waals surface area contributed by atoms with Crippen molar-refractivity contribution in [2.45, 2.75) is 38.9 Å². The summed E-state index contributed by atoms with van der Waals surface area (Å²) in [5.74, 6) is 0.890. The van der Waals surface area contributed by atoms with Gasteiger partial charge in [0.1, 0.15) is 7.85 Å². The van der Waals surface area contributed by atoms with Crippen molar-refractivity contribution in [1.29, 1.82) is 0 Å². The van der Waals surface area contributed by atoms with E-state index in [-0.39, 0.29) is 0 Å². The Morgan fingerprint density at radius 2 is 1.56 bits per heavy atom. The predicted molar refractivity (Wildman–Crippen MR) is 136 cm³/mol. The van der Waals surface area contributed by atoms with Crippen molar-refractivity contribution in [2.75, 3.05) is 0 Å². The van der Waals surface area contributed by atoms with Crippen molar-refractivity contribution in [2.24, 2.45) is 0 Å². The zero-order chi connectivity index (χ0) is 22.7. The first-order valence-electron chi connectivity index (χ1n) is 11.0. The van der Waals surface area contributed by atoms with Crippen molar-refractivity contribution in [3.05, 3.63) is 66.7 Å². The normalized spacial score (nSPS) is 12.8. The van der Waals surface area contributed by atoms with Gasteiger partial charge in [0.2, 0.25) is 5.78 Å². The second kappa shape index (κ2) is 7.26. The van der Waals surface area contributed by atoms with E-state index >= 15 is 0 Å². The molecule has 0 aliphatic rings. The molecule has 3 aromatic carbocycles. The number of fused-ring (bicyclic) bond motifs is 5. The van der Waals surface area contributed by atoms with Gasteiger partial charge < -0.3 is 9.76 Å². The number of para-hydroxylation sites is 4. The summed E-state index contributed by atoms with van der Waals surface area (Å²) in [6.07, 6.45) is 0. The number of aromatic nitrogens is 3. The van der Waals surface area contributed by atoms with Gasteiger partial charge in [0.15, 0.2) is 0 Å². The Morgan fingerprint density at radius 1 is 0.906 bits per heavy atom. The molecule has 0 amide bonds. The molecule has 1 N–H and O–H groups in total. The summed E-state index contributed by atoms with van der Waals surface area (Å²) in [5, 5.41) is 10.4. The van der Waals surface area contributed by atoms with Crippen LogP contribution in [0.25, 0.3) is 33.5 Å². The monoisotopic (exact) mass is 423 g/mol. The third-order valence-electron chi connectivity index (χ3n) is 6.56. The molecule has 2 heterocycles. The summed E-state index contributed by atoms with van der Waals surface area (Å²) < 4.78 is 10.6. The molecule has 5 rings (SSSR count). The molecule has 0 spiro atoms. The van der Waals surface area contributed by atoms with Gasteiger partial charge in [-0.25, -0.2) is 4.98 Å². The van der Waals surface area contributed by atoms with E-state index in [9.17, 15) is 5.11 Å². The van der Waals surface area contributed by atoms with Gasteiger partial charge in [0.25, 0.3) is 0 Å². The third-order valence-corrected chi connectivity index (χ3v) is 6.56. The van der Waals surface area contributed by atoms with Gasteiger partial charge in [-0.2, -0.15) is 0 Å². The molecule has 0 aliphatic carbocycles. The fourth-order valence-corrected chi connectivity index (χ4v) is 4.10. The van der Waals surface area contributed by atoms with Gasteiger partial charge >= 0.3 is 7.48 Å². The number of hydrogen-bond donors (Lipinski definition) is 1. The average Bonchev–Trinajstić information content (AvgIpc) is 3.25. The number of hydrogen-bond acceptors (Lipinski definition) is 3. The lowest BCUT2D eigenvalue weighted by molar-refractivity contribution is -0.0893. The number of rotatable bonds is 5. The Kier molecular flexibility index (Phi) is 4.73. The lowest BCUT2D eigenvalue weighted by atomic mass is 9.80. The lowest BCUT2D eigenvalue weighted by Crippen LogP contribution is -2.49. The standard InChI is InChI=1S/C25H27B2N3O2/c1-24(2,31)25(3,4)32-27-17-13-16(26)14-18(15-17)29-21-11-7-8-12-22(21)30-20-10-6-5-9-19(20)28-23(29)30/h5-15,27,31H,26H2,1-4H3. The molecule has 5 aromatic rings. The molecule has 0 saturated carbocycles. The highest BCUT2D eigenvalue weighted by Gasteiger charge is 2.35. The molecule has 0 bridgehead atoms. The Morgan fingerprint density at radius 3 is 2.28 bits per heavy atom. The van der Waals surface area contributed by atoms with Crippen molar-refractivity contribution in [3.63, 3.8) is 0 Å². The van der Waals surface area contributed by atoms with Crippen molar-refractivity contribution in [3.8, 4) is 5.69 Å². The van der Waals surface area contributed by atoms with E-state index in [4.69, 9.17) is 9.64 Å². The maximum Gasteiger partial charge on any atom is 0.309 e. The molecule has 32 heavy (non-hydrogen) atoms. The van der Waals surface area contributed by atoms with Crippen molar-refractivity contribution >= 4 is 54.1 Å². The van der Waals surface area contributed by atoms with Gasteiger partial charge in [-0.1, -0.05) is 41.3 Å². The van der Waals surface area contributed by atoms with Crippen molar-refractivity contribution in [1.82, 2.24) is 14.0 Å². The first-order valence-corrected chi connectivity index (χ1v) is 11.0. The van der Waals surface area contributed by atoms with Gasteiger partial charge in [-0.3, -0.25) is 8.97 Å². The summed E-state index contributed by atoms with van der Waals surface area (Å²) in [4.78, 5) is 4.97. The fraction of sp³-hybridized carbons (Fsp3) is 0.240. The predicted octanol–water partition coefficient (Wildman–Crippen LogP) is 2.23. The van der Waals surface area contributed by atoms with E-state index in [0.29, 0.717) is 7.48 Å². The lowest BCUT2D eigenvalue weighted by Gasteiger charge is -2.37. The van der Waals surface area contributed by atoms with Crippen LogP contribution < -0.4 is 10.9 Å². The second-order valence-electron chi connectivity index (χ2n) is 9.59. The Balaban J connectivity index is 1.67. The minimum Gasteiger partial charge on any atom is -0.427 e. The summed E-state index contributed by atoms with van der Waals surface area (Å²) >= 11 is 0. The number of imidazole rings is 2. The molecule has 2 aromatic heterocycles. The maximum atomic E-state index is 10.4. The van der Waals surface area contributed by atoms with Crippen LogP contribution in [0.4, 0.5) is 0 Å². The Labute approximate surface area is 189 Å². The SMILES string of the molecule is Bc1cc(BOC(C)(C)C(C)(C)O)cc(-n2c3ccccc3n3c4ccccc4nc23)c1. The van der Waals surface area contributed by atoms with Crippen molar-refractivity contribution < 1.29 is 9.76 Å². The number of benzene rings is 3. The molecular formula is C25H27B2N3O2. The highest BCUT2D eigenvalue weighted by Crippen LogP contribution is 2.29. The smallest absolute Gasteiger partial charge is 0.309 e.